The van der Waals surface area contributed by atoms with Crippen molar-refractivity contribution < 1.29 is 43.4 Å². The number of hydrogen-bond donors (Lipinski definition) is 11. The highest BCUT2D eigenvalue weighted by Gasteiger charge is 2.31. The summed E-state index contributed by atoms with van der Waals surface area (Å²) in [7, 11) is 0. The Labute approximate surface area is 303 Å². The van der Waals surface area contributed by atoms with Gasteiger partial charge in [0.05, 0.1) is 6.54 Å². The van der Waals surface area contributed by atoms with Gasteiger partial charge in [-0.2, -0.15) is 0 Å². The Balaban J connectivity index is 2.30. The predicted octanol–water partition coefficient (Wildman–Crippen LogP) is -2.96. The van der Waals surface area contributed by atoms with Crippen LogP contribution >= 0.6 is 0 Å². The van der Waals surface area contributed by atoms with Gasteiger partial charge in [-0.1, -0.05) is 13.8 Å². The van der Waals surface area contributed by atoms with Crippen LogP contribution < -0.4 is 55.1 Å². The van der Waals surface area contributed by atoms with E-state index >= 15 is 0 Å². The number of aliphatic imine (C=N–C) groups is 2. The Hall–Kier alpha value is -6.41. The van der Waals surface area contributed by atoms with E-state index in [4.69, 9.17) is 32.5 Å². The first kappa shape index (κ1) is 42.8. The van der Waals surface area contributed by atoms with Crippen molar-refractivity contribution in [2.75, 3.05) is 26.2 Å². The lowest BCUT2D eigenvalue weighted by atomic mass is 10.0. The molecule has 0 fully saturated rings. The van der Waals surface area contributed by atoms with Crippen LogP contribution in [0.15, 0.2) is 43.5 Å². The molecule has 2 rings (SSSR count). The first-order chi connectivity index (χ1) is 25.0. The van der Waals surface area contributed by atoms with Gasteiger partial charge in [-0.25, -0.2) is 4.79 Å². The van der Waals surface area contributed by atoms with Gasteiger partial charge in [0.1, 0.15) is 41.6 Å². The number of benzene rings is 1. The zero-order valence-corrected chi connectivity index (χ0v) is 29.3. The number of guanidine groups is 2. The third-order valence-corrected chi connectivity index (χ3v) is 7.31. The van der Waals surface area contributed by atoms with Gasteiger partial charge < -0.3 is 64.1 Å². The van der Waals surface area contributed by atoms with Gasteiger partial charge in [0.15, 0.2) is 11.9 Å². The fourth-order valence-corrected chi connectivity index (χ4v) is 4.81. The van der Waals surface area contributed by atoms with Crippen LogP contribution in [0.5, 0.6) is 5.75 Å². The molecular weight excluding hydrogens is 698 g/mol. The van der Waals surface area contributed by atoms with E-state index < -0.39 is 77.9 Å². The summed E-state index contributed by atoms with van der Waals surface area (Å²) in [6, 6.07) is 1.44. The molecule has 2 aromatic rings. The number of phenols is 1. The number of aromatic hydroxyl groups is 1. The lowest BCUT2D eigenvalue weighted by Crippen LogP contribution is -2.57. The lowest BCUT2D eigenvalue weighted by molar-refractivity contribution is -0.138. The Kier molecular flexibility index (Phi) is 17.0. The standard InChI is InChI=1S/C32H47N11O10/c1-16(2)11-22(29(51)42-20(5-3-9-37-31(33)34)27(49)40-14-24(45)39-15-25(46)47)43-28(50)21(6-4-10-38-32(35)36)41-26(48)19-12-17-7-8-18(44)13-23(17)53-30(19)52/h7-8,12-13,16,20-22,44H,3-6,9-11,14-15H2,1-2H3,(H,39,45)(H,40,49)(H,41,48)(H,42,51)(H,43,50)(H,46,47)(H4,33,34,37)(H4,35,36,38). The van der Waals surface area contributed by atoms with Crippen LogP contribution in [-0.4, -0.2) is 102 Å². The summed E-state index contributed by atoms with van der Waals surface area (Å²) in [4.78, 5) is 96.9. The van der Waals surface area contributed by atoms with Crippen LogP contribution in [0, 0.1) is 5.92 Å². The van der Waals surface area contributed by atoms with Crippen molar-refractivity contribution >= 4 is 58.4 Å². The van der Waals surface area contributed by atoms with Crippen LogP contribution in [0.1, 0.15) is 56.3 Å². The van der Waals surface area contributed by atoms with Crippen LogP contribution in [0.3, 0.4) is 0 Å². The molecule has 0 spiro atoms. The minimum Gasteiger partial charge on any atom is -0.508 e. The largest absolute Gasteiger partial charge is 0.508 e. The van der Waals surface area contributed by atoms with E-state index in [-0.39, 0.29) is 74.4 Å². The van der Waals surface area contributed by atoms with E-state index in [1.54, 1.807) is 13.8 Å². The van der Waals surface area contributed by atoms with Crippen molar-refractivity contribution in [1.82, 2.24) is 26.6 Å². The maximum absolute atomic E-state index is 13.7. The second-order valence-corrected chi connectivity index (χ2v) is 12.2. The summed E-state index contributed by atoms with van der Waals surface area (Å²) < 4.78 is 5.18. The fraction of sp³-hybridized carbons (Fsp3) is 0.469. The summed E-state index contributed by atoms with van der Waals surface area (Å²) in [5.41, 5.74) is 20.1. The van der Waals surface area contributed by atoms with E-state index in [1.807, 2.05) is 0 Å². The number of hydrogen-bond acceptors (Lipinski definition) is 11. The lowest BCUT2D eigenvalue weighted by Gasteiger charge is -2.26. The van der Waals surface area contributed by atoms with Gasteiger partial charge in [-0.15, -0.1) is 0 Å². The molecule has 5 amide bonds. The minimum absolute atomic E-state index is 0.00484. The van der Waals surface area contributed by atoms with Gasteiger partial charge in [0, 0.05) is 24.5 Å². The number of phenolic OH excluding ortho intramolecular Hbond substituents is 1. The molecule has 1 aromatic carbocycles. The summed E-state index contributed by atoms with van der Waals surface area (Å²) >= 11 is 0. The first-order valence-corrected chi connectivity index (χ1v) is 16.5. The van der Waals surface area contributed by atoms with Gasteiger partial charge in [-0.05, 0) is 56.2 Å². The van der Waals surface area contributed by atoms with Crippen molar-refractivity contribution in [1.29, 1.82) is 0 Å². The highest BCUT2D eigenvalue weighted by molar-refractivity contribution is 6.00. The summed E-state index contributed by atoms with van der Waals surface area (Å²) in [6.07, 6.45) is 0.479. The number of amides is 5. The molecule has 15 N–H and O–H groups in total. The second kappa shape index (κ2) is 21.1. The molecule has 21 heteroatoms. The van der Waals surface area contributed by atoms with E-state index in [2.05, 4.69) is 36.6 Å². The number of carboxylic acid groups (broad SMARTS) is 1. The average Bonchev–Trinajstić information content (AvgIpc) is 3.07. The number of aliphatic carboxylic acids is 1. The number of fused-ring (bicyclic) bond motifs is 1. The quantitative estimate of drug-likeness (QED) is 0.0263. The van der Waals surface area contributed by atoms with Gasteiger partial charge >= 0.3 is 11.6 Å². The highest BCUT2D eigenvalue weighted by Crippen LogP contribution is 2.19. The molecule has 1 heterocycles. The van der Waals surface area contributed by atoms with Crippen LogP contribution in [0.4, 0.5) is 0 Å². The average molecular weight is 746 g/mol. The Morgan fingerprint density at radius 3 is 1.91 bits per heavy atom. The summed E-state index contributed by atoms with van der Waals surface area (Å²) in [6.45, 7) is 2.51. The van der Waals surface area contributed by atoms with E-state index in [0.717, 1.165) is 0 Å². The van der Waals surface area contributed by atoms with E-state index in [0.29, 0.717) is 5.39 Å². The number of nitrogens with two attached hydrogens (primary N) is 4. The molecule has 0 saturated carbocycles. The topological polar surface area (TPSA) is 362 Å². The van der Waals surface area contributed by atoms with Crippen molar-refractivity contribution in [2.24, 2.45) is 38.8 Å². The monoisotopic (exact) mass is 745 g/mol. The normalized spacial score (nSPS) is 12.4. The SMILES string of the molecule is CC(C)CC(NC(=O)C(CCCN=C(N)N)NC(=O)c1cc2ccc(O)cc2oc1=O)C(=O)NC(CCCN=C(N)N)C(=O)NCC(=O)NCC(=O)O. The first-order valence-electron chi connectivity index (χ1n) is 16.5. The number of carboxylic acids is 1. The molecule has 1 aromatic heterocycles. The third-order valence-electron chi connectivity index (χ3n) is 7.31. The molecular formula is C32H47N11O10. The predicted molar refractivity (Wildman–Crippen MR) is 192 cm³/mol. The van der Waals surface area contributed by atoms with Crippen LogP contribution in [0.25, 0.3) is 11.0 Å². The molecule has 3 atom stereocenters. The molecule has 0 bridgehead atoms. The molecule has 0 aliphatic carbocycles. The van der Waals surface area contributed by atoms with Gasteiger partial charge in [0.2, 0.25) is 23.6 Å². The number of nitrogens with zero attached hydrogens (tertiary/aromatic N) is 2. The Bertz CT molecular complexity index is 1750. The smallest absolute Gasteiger partial charge is 0.349 e. The molecule has 0 aliphatic heterocycles. The fourth-order valence-electron chi connectivity index (χ4n) is 4.81. The molecule has 0 saturated heterocycles. The molecule has 53 heavy (non-hydrogen) atoms. The number of carbonyl (C=O) groups excluding carboxylic acids is 5. The molecule has 21 nitrogen and oxygen atoms in total. The highest BCUT2D eigenvalue weighted by atomic mass is 16.4. The van der Waals surface area contributed by atoms with Crippen molar-refractivity contribution in [3.63, 3.8) is 0 Å². The number of carbonyl (C=O) groups is 6. The number of rotatable bonds is 21. The van der Waals surface area contributed by atoms with Crippen LogP contribution in [0.2, 0.25) is 0 Å². The van der Waals surface area contributed by atoms with Gasteiger partial charge in [-0.3, -0.25) is 38.8 Å². The number of nitrogens with one attached hydrogen (secondary N) is 5. The van der Waals surface area contributed by atoms with E-state index in [1.165, 1.54) is 24.3 Å². The minimum atomic E-state index is -1.31. The van der Waals surface area contributed by atoms with Crippen LogP contribution in [-0.2, 0) is 24.0 Å². The second-order valence-electron chi connectivity index (χ2n) is 12.2. The van der Waals surface area contributed by atoms with Crippen molar-refractivity contribution in [3.8, 4) is 5.75 Å². The summed E-state index contributed by atoms with van der Waals surface area (Å²) in [5.74, 6) is -6.08. The maximum atomic E-state index is 13.7. The maximum Gasteiger partial charge on any atom is 0.349 e. The molecule has 3 unspecified atom stereocenters. The molecule has 0 aliphatic rings. The summed E-state index contributed by atoms with van der Waals surface area (Å²) in [5, 5.41) is 30.9. The Morgan fingerprint density at radius 1 is 0.774 bits per heavy atom. The zero-order chi connectivity index (χ0) is 39.7. The van der Waals surface area contributed by atoms with Crippen molar-refractivity contribution in [2.45, 2.75) is 64.1 Å². The zero-order valence-electron chi connectivity index (χ0n) is 29.3. The van der Waals surface area contributed by atoms with Gasteiger partial charge in [0.25, 0.3) is 5.91 Å². The van der Waals surface area contributed by atoms with E-state index in [9.17, 15) is 38.7 Å². The molecule has 290 valence electrons. The molecule has 0 radical (unpaired) electrons. The third kappa shape index (κ3) is 15.6. The van der Waals surface area contributed by atoms with Crippen molar-refractivity contribution in [3.05, 3.63) is 40.2 Å². The Morgan fingerprint density at radius 2 is 1.34 bits per heavy atom.